The predicted octanol–water partition coefficient (Wildman–Crippen LogP) is 0.912. The first-order valence-electron chi connectivity index (χ1n) is 5.92. The molecule has 0 aromatic carbocycles. The molecular formula is C14H12N2O4. The molecule has 0 aliphatic carbocycles. The van der Waals surface area contributed by atoms with Gasteiger partial charge in [0.2, 0.25) is 0 Å². The molecule has 1 N–H and O–H groups in total. The molecule has 0 unspecified atom stereocenters. The number of terminal acetylenes is 1. The monoisotopic (exact) mass is 272 g/mol. The molecule has 0 aliphatic rings. The predicted molar refractivity (Wildman–Crippen MR) is 72.5 cm³/mol. The van der Waals surface area contributed by atoms with Crippen molar-refractivity contribution in [1.29, 1.82) is 0 Å². The summed E-state index contributed by atoms with van der Waals surface area (Å²) in [6, 6.07) is 3.13. The van der Waals surface area contributed by atoms with Crippen LogP contribution in [0.1, 0.15) is 17.3 Å². The van der Waals surface area contributed by atoms with Crippen molar-refractivity contribution >= 4 is 17.0 Å². The van der Waals surface area contributed by atoms with Gasteiger partial charge in [0, 0.05) is 6.20 Å². The van der Waals surface area contributed by atoms with E-state index in [2.05, 4.69) is 10.9 Å². The topological polar surface area (TPSA) is 81.4 Å². The largest absolute Gasteiger partial charge is 0.506 e. The van der Waals surface area contributed by atoms with Gasteiger partial charge in [-0.25, -0.2) is 9.78 Å². The van der Waals surface area contributed by atoms with Crippen LogP contribution in [0.2, 0.25) is 0 Å². The minimum absolute atomic E-state index is 0.0565. The summed E-state index contributed by atoms with van der Waals surface area (Å²) in [5.74, 6) is 1.00. The molecule has 0 fully saturated rings. The zero-order valence-electron chi connectivity index (χ0n) is 10.8. The van der Waals surface area contributed by atoms with Crippen LogP contribution in [0, 0.1) is 12.3 Å². The lowest BCUT2D eigenvalue weighted by molar-refractivity contribution is 0.0520. The summed E-state index contributed by atoms with van der Waals surface area (Å²) in [6.45, 7) is 1.65. The van der Waals surface area contributed by atoms with Crippen molar-refractivity contribution in [2.75, 3.05) is 6.61 Å². The summed E-state index contributed by atoms with van der Waals surface area (Å²) in [7, 11) is 0. The smallest absolute Gasteiger partial charge is 0.347 e. The van der Waals surface area contributed by atoms with E-state index in [0.29, 0.717) is 0 Å². The molecule has 0 bridgehead atoms. The van der Waals surface area contributed by atoms with E-state index in [1.165, 1.54) is 6.20 Å². The second-order valence-corrected chi connectivity index (χ2v) is 3.91. The number of esters is 1. The van der Waals surface area contributed by atoms with Gasteiger partial charge in [0.1, 0.15) is 11.4 Å². The number of hydrogen-bond acceptors (Lipinski definition) is 5. The number of pyridine rings is 2. The molecule has 20 heavy (non-hydrogen) atoms. The fourth-order valence-electron chi connectivity index (χ4n) is 1.89. The van der Waals surface area contributed by atoms with E-state index < -0.39 is 22.8 Å². The molecular weight excluding hydrogens is 260 g/mol. The first kappa shape index (κ1) is 13.6. The Bertz CT molecular complexity index is 771. The molecule has 0 atom stereocenters. The summed E-state index contributed by atoms with van der Waals surface area (Å²) in [5.41, 5.74) is -0.923. The molecule has 0 saturated carbocycles. The Morgan fingerprint density at radius 2 is 2.35 bits per heavy atom. The second kappa shape index (κ2) is 5.45. The lowest BCUT2D eigenvalue weighted by Gasteiger charge is -2.11. The highest BCUT2D eigenvalue weighted by molar-refractivity contribution is 5.98. The van der Waals surface area contributed by atoms with Gasteiger partial charge in [0.05, 0.1) is 18.5 Å². The Balaban J connectivity index is 2.86. The minimum atomic E-state index is -0.883. The Kier molecular flexibility index (Phi) is 3.71. The van der Waals surface area contributed by atoms with Crippen molar-refractivity contribution in [2.24, 2.45) is 0 Å². The van der Waals surface area contributed by atoms with Crippen LogP contribution in [0.4, 0.5) is 0 Å². The Hall–Kier alpha value is -2.81. The van der Waals surface area contributed by atoms with Gasteiger partial charge in [-0.2, -0.15) is 0 Å². The molecule has 0 spiro atoms. The highest BCUT2D eigenvalue weighted by Crippen LogP contribution is 2.25. The quantitative estimate of drug-likeness (QED) is 0.663. The minimum Gasteiger partial charge on any atom is -0.506 e. The lowest BCUT2D eigenvalue weighted by Crippen LogP contribution is -2.28. The zero-order chi connectivity index (χ0) is 14.7. The van der Waals surface area contributed by atoms with Gasteiger partial charge >= 0.3 is 5.97 Å². The maximum Gasteiger partial charge on any atom is 0.347 e. The fourth-order valence-corrected chi connectivity index (χ4v) is 1.89. The third-order valence-corrected chi connectivity index (χ3v) is 2.72. The van der Waals surface area contributed by atoms with Gasteiger partial charge in [0.25, 0.3) is 5.56 Å². The molecule has 2 aromatic rings. The molecule has 2 rings (SSSR count). The molecule has 2 heterocycles. The highest BCUT2D eigenvalue weighted by atomic mass is 16.5. The highest BCUT2D eigenvalue weighted by Gasteiger charge is 2.23. The first-order valence-corrected chi connectivity index (χ1v) is 5.92. The zero-order valence-corrected chi connectivity index (χ0v) is 10.8. The van der Waals surface area contributed by atoms with E-state index in [9.17, 15) is 14.7 Å². The summed E-state index contributed by atoms with van der Waals surface area (Å²) in [6.07, 6.45) is 6.70. The number of fused-ring (bicyclic) bond motifs is 1. The number of carbonyl (C=O) groups excluding carboxylic acids is 1. The van der Waals surface area contributed by atoms with Gasteiger partial charge in [-0.1, -0.05) is 5.92 Å². The van der Waals surface area contributed by atoms with E-state index >= 15 is 0 Å². The number of aromatic nitrogens is 2. The molecule has 102 valence electrons. The van der Waals surface area contributed by atoms with Crippen molar-refractivity contribution in [2.45, 2.75) is 13.5 Å². The van der Waals surface area contributed by atoms with Crippen LogP contribution in [-0.4, -0.2) is 27.2 Å². The Labute approximate surface area is 114 Å². The van der Waals surface area contributed by atoms with Crippen molar-refractivity contribution in [3.8, 4) is 18.1 Å². The van der Waals surface area contributed by atoms with E-state index in [1.807, 2.05) is 0 Å². The third kappa shape index (κ3) is 2.10. The SMILES string of the molecule is C#CCn1c(=O)c(C(=O)OCC)c(O)c2cccnc21. The molecule has 0 radical (unpaired) electrons. The Morgan fingerprint density at radius 1 is 1.60 bits per heavy atom. The van der Waals surface area contributed by atoms with Crippen molar-refractivity contribution < 1.29 is 14.6 Å². The number of nitrogens with zero attached hydrogens (tertiary/aromatic N) is 2. The summed E-state index contributed by atoms with van der Waals surface area (Å²) >= 11 is 0. The molecule has 0 aliphatic heterocycles. The maximum absolute atomic E-state index is 12.3. The fraction of sp³-hybridized carbons (Fsp3) is 0.214. The van der Waals surface area contributed by atoms with Crippen LogP contribution < -0.4 is 5.56 Å². The molecule has 2 aromatic heterocycles. The van der Waals surface area contributed by atoms with Gasteiger partial charge in [-0.15, -0.1) is 6.42 Å². The van der Waals surface area contributed by atoms with Crippen molar-refractivity contribution in [1.82, 2.24) is 9.55 Å². The van der Waals surface area contributed by atoms with Crippen LogP contribution in [-0.2, 0) is 11.3 Å². The molecule has 6 nitrogen and oxygen atoms in total. The summed E-state index contributed by atoms with van der Waals surface area (Å²) in [4.78, 5) is 28.1. The van der Waals surface area contributed by atoms with Gasteiger partial charge in [-0.3, -0.25) is 9.36 Å². The number of hydrogen-bond donors (Lipinski definition) is 1. The number of aromatic hydroxyl groups is 1. The molecule has 0 saturated heterocycles. The van der Waals surface area contributed by atoms with Crippen LogP contribution in [0.15, 0.2) is 23.1 Å². The van der Waals surface area contributed by atoms with Crippen LogP contribution in [0.5, 0.6) is 5.75 Å². The number of carbonyl (C=O) groups is 1. The van der Waals surface area contributed by atoms with Crippen LogP contribution in [0.25, 0.3) is 11.0 Å². The van der Waals surface area contributed by atoms with E-state index in [4.69, 9.17) is 11.2 Å². The Morgan fingerprint density at radius 3 is 3.00 bits per heavy atom. The first-order chi connectivity index (χ1) is 9.61. The van der Waals surface area contributed by atoms with Gasteiger partial charge < -0.3 is 9.84 Å². The van der Waals surface area contributed by atoms with Crippen LogP contribution >= 0.6 is 0 Å². The normalized spacial score (nSPS) is 10.2. The second-order valence-electron chi connectivity index (χ2n) is 3.91. The molecule has 6 heteroatoms. The van der Waals surface area contributed by atoms with E-state index in [-0.39, 0.29) is 24.2 Å². The number of ether oxygens (including phenoxy) is 1. The standard InChI is InChI=1S/C14H12N2O4/c1-3-8-16-12-9(6-5-7-15-12)11(17)10(13(16)18)14(19)20-4-2/h1,5-7,17H,4,8H2,2H3. The maximum atomic E-state index is 12.3. The molecule has 0 amide bonds. The third-order valence-electron chi connectivity index (χ3n) is 2.72. The van der Waals surface area contributed by atoms with Gasteiger partial charge in [-0.05, 0) is 19.1 Å². The number of rotatable bonds is 3. The van der Waals surface area contributed by atoms with Crippen molar-refractivity contribution in [3.63, 3.8) is 0 Å². The average molecular weight is 272 g/mol. The van der Waals surface area contributed by atoms with Gasteiger partial charge in [0.15, 0.2) is 5.56 Å². The summed E-state index contributed by atoms with van der Waals surface area (Å²) < 4.78 is 5.94. The summed E-state index contributed by atoms with van der Waals surface area (Å²) in [5, 5.41) is 10.4. The average Bonchev–Trinajstić information content (AvgIpc) is 2.44. The van der Waals surface area contributed by atoms with E-state index in [0.717, 1.165) is 4.57 Å². The lowest BCUT2D eigenvalue weighted by atomic mass is 10.1. The van der Waals surface area contributed by atoms with Crippen molar-refractivity contribution in [3.05, 3.63) is 34.2 Å². The van der Waals surface area contributed by atoms with Crippen LogP contribution in [0.3, 0.4) is 0 Å². The van der Waals surface area contributed by atoms with E-state index in [1.54, 1.807) is 19.1 Å².